The van der Waals surface area contributed by atoms with Crippen LogP contribution in [0.2, 0.25) is 36.3 Å². The standard InChI is InChI=1S/C23H43N5O7SSi2/c1-21(2,3)37(8,9)32-13-17-23(16(24)14-36(30,31)35-23)18(34-38(10,11)22(4,5)6)20(33-17)28-12-15(26-27-28)19(29)25-7/h12,14,17-18,20H,13,24H2,1-11H3,(H,25,29). The zero-order valence-corrected chi connectivity index (χ0v) is 27.1. The number of hydrogen-bond acceptors (Lipinski definition) is 10. The first-order valence-corrected chi connectivity index (χ1v) is 19.9. The van der Waals surface area contributed by atoms with Crippen LogP contribution in [0.25, 0.3) is 0 Å². The van der Waals surface area contributed by atoms with Gasteiger partial charge in [-0.2, -0.15) is 8.42 Å². The fourth-order valence-corrected chi connectivity index (χ4v) is 7.34. The highest BCUT2D eigenvalue weighted by Gasteiger charge is 2.67. The molecule has 2 aliphatic rings. The van der Waals surface area contributed by atoms with Crippen molar-refractivity contribution < 1.29 is 31.0 Å². The van der Waals surface area contributed by atoms with Crippen LogP contribution in [0.1, 0.15) is 58.3 Å². The fraction of sp³-hybridized carbons (Fsp3) is 0.783. The molecule has 12 nitrogen and oxygen atoms in total. The molecule has 15 heteroatoms. The lowest BCUT2D eigenvalue weighted by molar-refractivity contribution is -0.0595. The summed E-state index contributed by atoms with van der Waals surface area (Å²) in [5.41, 5.74) is 4.81. The van der Waals surface area contributed by atoms with Gasteiger partial charge >= 0.3 is 0 Å². The van der Waals surface area contributed by atoms with Crippen molar-refractivity contribution in [2.75, 3.05) is 13.7 Å². The second kappa shape index (κ2) is 9.78. The van der Waals surface area contributed by atoms with Crippen LogP contribution in [0.5, 0.6) is 0 Å². The van der Waals surface area contributed by atoms with E-state index in [0.717, 1.165) is 5.41 Å². The largest absolute Gasteiger partial charge is 0.414 e. The van der Waals surface area contributed by atoms with Gasteiger partial charge in [-0.15, -0.1) is 5.10 Å². The molecule has 4 atom stereocenters. The highest BCUT2D eigenvalue weighted by Crippen LogP contribution is 2.52. The van der Waals surface area contributed by atoms with Crippen LogP contribution < -0.4 is 11.1 Å². The Balaban J connectivity index is 2.16. The van der Waals surface area contributed by atoms with E-state index < -0.39 is 56.7 Å². The normalized spacial score (nSPS) is 28.1. The van der Waals surface area contributed by atoms with Crippen LogP contribution in [0.3, 0.4) is 0 Å². The molecule has 1 fully saturated rings. The van der Waals surface area contributed by atoms with Gasteiger partial charge < -0.3 is 24.6 Å². The molecule has 4 unspecified atom stereocenters. The molecule has 3 heterocycles. The van der Waals surface area contributed by atoms with Crippen LogP contribution in [0, 0.1) is 0 Å². The summed E-state index contributed by atoms with van der Waals surface area (Å²) in [5, 5.41) is 11.2. The van der Waals surface area contributed by atoms with Gasteiger partial charge in [-0.25, -0.2) is 8.86 Å². The second-order valence-corrected chi connectivity index (χ2v) is 23.9. The number of nitrogens with one attached hydrogen (secondary N) is 1. The number of nitrogens with two attached hydrogens (primary N) is 1. The van der Waals surface area contributed by atoms with E-state index in [4.69, 9.17) is 23.5 Å². The van der Waals surface area contributed by atoms with Gasteiger partial charge in [0.15, 0.2) is 34.2 Å². The smallest absolute Gasteiger partial charge is 0.292 e. The van der Waals surface area contributed by atoms with Crippen LogP contribution >= 0.6 is 0 Å². The lowest BCUT2D eigenvalue weighted by Gasteiger charge is -2.43. The Labute approximate surface area is 228 Å². The van der Waals surface area contributed by atoms with E-state index in [9.17, 15) is 13.2 Å². The molecule has 1 amide bonds. The fourth-order valence-electron chi connectivity index (χ4n) is 3.84. The number of amides is 1. The number of rotatable bonds is 7. The van der Waals surface area contributed by atoms with Gasteiger partial charge in [0, 0.05) is 7.05 Å². The first-order chi connectivity index (χ1) is 17.1. The molecule has 0 saturated carbocycles. The van der Waals surface area contributed by atoms with Gasteiger partial charge in [-0.3, -0.25) is 4.79 Å². The number of nitrogens with zero attached hydrogens (tertiary/aromatic N) is 3. The maximum Gasteiger partial charge on any atom is 0.292 e. The monoisotopic (exact) mass is 589 g/mol. The van der Waals surface area contributed by atoms with Crippen molar-refractivity contribution in [1.29, 1.82) is 0 Å². The van der Waals surface area contributed by atoms with E-state index in [1.807, 2.05) is 13.1 Å². The van der Waals surface area contributed by atoms with E-state index >= 15 is 0 Å². The molecule has 38 heavy (non-hydrogen) atoms. The number of ether oxygens (including phenoxy) is 1. The van der Waals surface area contributed by atoms with E-state index in [0.29, 0.717) is 0 Å². The molecular formula is C23H43N5O7SSi2. The maximum absolute atomic E-state index is 12.8. The molecule has 3 rings (SSSR count). The maximum atomic E-state index is 12.8. The summed E-state index contributed by atoms with van der Waals surface area (Å²) in [6.07, 6.45) is -1.54. The molecule has 2 aliphatic heterocycles. The number of carbonyl (C=O) groups excluding carboxylic acids is 1. The predicted octanol–water partition coefficient (Wildman–Crippen LogP) is 2.85. The van der Waals surface area contributed by atoms with Crippen molar-refractivity contribution in [2.24, 2.45) is 5.73 Å². The Morgan fingerprint density at radius 2 is 1.74 bits per heavy atom. The Hall–Kier alpha value is -1.63. The average Bonchev–Trinajstić information content (AvgIpc) is 3.40. The Morgan fingerprint density at radius 3 is 2.21 bits per heavy atom. The van der Waals surface area contributed by atoms with E-state index in [1.54, 1.807) is 0 Å². The Morgan fingerprint density at radius 1 is 1.16 bits per heavy atom. The predicted molar refractivity (Wildman–Crippen MR) is 148 cm³/mol. The molecule has 0 aliphatic carbocycles. The van der Waals surface area contributed by atoms with Gasteiger partial charge in [0.05, 0.1) is 23.9 Å². The van der Waals surface area contributed by atoms with E-state index in [-0.39, 0.29) is 28.1 Å². The summed E-state index contributed by atoms with van der Waals surface area (Å²) in [6, 6.07) is 0. The van der Waals surface area contributed by atoms with Crippen LogP contribution in [0.15, 0.2) is 17.3 Å². The second-order valence-electron chi connectivity index (χ2n) is 13.0. The van der Waals surface area contributed by atoms with Crippen molar-refractivity contribution in [3.63, 3.8) is 0 Å². The van der Waals surface area contributed by atoms with Gasteiger partial charge in [-0.05, 0) is 36.3 Å². The van der Waals surface area contributed by atoms with E-state index in [2.05, 4.69) is 70.3 Å². The quantitative estimate of drug-likeness (QED) is 0.358. The molecule has 1 aromatic heterocycles. The highest BCUT2D eigenvalue weighted by atomic mass is 32.2. The minimum Gasteiger partial charge on any atom is -0.414 e. The van der Waals surface area contributed by atoms with Gasteiger partial charge in [-0.1, -0.05) is 46.8 Å². The molecule has 216 valence electrons. The zero-order chi connectivity index (χ0) is 29.1. The van der Waals surface area contributed by atoms with Crippen LogP contribution in [0.4, 0.5) is 0 Å². The lowest BCUT2D eigenvalue weighted by Crippen LogP contribution is -2.59. The molecule has 1 saturated heterocycles. The first-order valence-electron chi connectivity index (χ1n) is 12.6. The molecule has 1 aromatic rings. The Bertz CT molecular complexity index is 1200. The molecule has 0 radical (unpaired) electrons. The summed E-state index contributed by atoms with van der Waals surface area (Å²) in [7, 11) is -7.48. The first kappa shape index (κ1) is 30.9. The number of hydrogen-bond donors (Lipinski definition) is 2. The van der Waals surface area contributed by atoms with Crippen LogP contribution in [-0.2, 0) is 27.9 Å². The number of aromatic nitrogens is 3. The average molecular weight is 590 g/mol. The molecule has 0 bridgehead atoms. The van der Waals surface area contributed by atoms with E-state index in [1.165, 1.54) is 17.9 Å². The molecule has 1 spiro atoms. The number of carbonyl (C=O) groups is 1. The SMILES string of the molecule is CNC(=O)c1cn(C2OC(CO[Si](C)(C)C(C)(C)C)C3(OS(=O)(=O)C=C3N)C2O[Si](C)(C)C(C)(C)C)nn1. The summed E-state index contributed by atoms with van der Waals surface area (Å²) in [5.74, 6) is -0.428. The third kappa shape index (κ3) is 5.51. The van der Waals surface area contributed by atoms with Gasteiger partial charge in [0.25, 0.3) is 16.0 Å². The molecule has 3 N–H and O–H groups in total. The third-order valence-corrected chi connectivity index (χ3v) is 18.3. The summed E-state index contributed by atoms with van der Waals surface area (Å²) in [4.78, 5) is 12.2. The van der Waals surface area contributed by atoms with Gasteiger partial charge in [0.2, 0.25) is 0 Å². The zero-order valence-electron chi connectivity index (χ0n) is 24.3. The third-order valence-electron chi connectivity index (χ3n) is 8.30. The summed E-state index contributed by atoms with van der Waals surface area (Å²) < 4.78 is 52.5. The summed E-state index contributed by atoms with van der Waals surface area (Å²) in [6.45, 7) is 20.8. The van der Waals surface area contributed by atoms with Crippen molar-refractivity contribution in [3.8, 4) is 0 Å². The van der Waals surface area contributed by atoms with Crippen LogP contribution in [-0.4, -0.2) is 77.4 Å². The molecular weight excluding hydrogens is 547 g/mol. The van der Waals surface area contributed by atoms with Crippen molar-refractivity contribution in [1.82, 2.24) is 20.3 Å². The van der Waals surface area contributed by atoms with Crippen molar-refractivity contribution in [3.05, 3.63) is 23.0 Å². The Kier molecular flexibility index (Phi) is 7.95. The molecule has 0 aromatic carbocycles. The van der Waals surface area contributed by atoms with Gasteiger partial charge in [0.1, 0.15) is 12.2 Å². The topological polar surface area (TPSA) is 157 Å². The lowest BCUT2D eigenvalue weighted by atomic mass is 9.89. The highest BCUT2D eigenvalue weighted by molar-refractivity contribution is 7.90. The van der Waals surface area contributed by atoms with Crippen molar-refractivity contribution in [2.45, 2.75) is 102 Å². The minimum absolute atomic E-state index is 0.0193. The summed E-state index contributed by atoms with van der Waals surface area (Å²) >= 11 is 0. The minimum atomic E-state index is -4.13. The van der Waals surface area contributed by atoms with Crippen molar-refractivity contribution >= 4 is 32.7 Å².